The zero-order chi connectivity index (χ0) is 24.2. The van der Waals surface area contributed by atoms with Gasteiger partial charge < -0.3 is 5.32 Å². The molecule has 1 amide bonds. The van der Waals surface area contributed by atoms with Gasteiger partial charge in [0.15, 0.2) is 0 Å². The Morgan fingerprint density at radius 2 is 1.82 bits per heavy atom. The summed E-state index contributed by atoms with van der Waals surface area (Å²) in [6.45, 7) is 5.71. The van der Waals surface area contributed by atoms with Crippen LogP contribution in [0.2, 0.25) is 10.0 Å². The topological polar surface area (TPSA) is 32.3 Å². The molecule has 0 aromatic heterocycles. The molecule has 9 heteroatoms. The Balaban J connectivity index is 1.84. The average Bonchev–Trinajstić information content (AvgIpc) is 2.75. The maximum atomic E-state index is 13.9. The summed E-state index contributed by atoms with van der Waals surface area (Å²) in [6, 6.07) is 5.85. The van der Waals surface area contributed by atoms with Crippen molar-refractivity contribution in [2.24, 2.45) is 0 Å². The molecule has 3 rings (SSSR count). The van der Waals surface area contributed by atoms with Gasteiger partial charge in [-0.3, -0.25) is 9.69 Å². The zero-order valence-electron chi connectivity index (χ0n) is 18.6. The predicted octanol–water partition coefficient (Wildman–Crippen LogP) is 7.35. The molecular weight excluding hydrogens is 492 g/mol. The van der Waals surface area contributed by atoms with Crippen LogP contribution in [0.4, 0.5) is 13.2 Å². The van der Waals surface area contributed by atoms with Gasteiger partial charge in [-0.05, 0) is 79.6 Å². The number of likely N-dealkylation sites (tertiary alicyclic amines) is 1. The molecule has 0 radical (unpaired) electrons. The van der Waals surface area contributed by atoms with Gasteiger partial charge in [-0.25, -0.2) is 0 Å². The largest absolute Gasteiger partial charge is 0.416 e. The fourth-order valence-electron chi connectivity index (χ4n) is 4.08. The first-order chi connectivity index (χ1) is 15.6. The number of nitrogens with zero attached hydrogens (tertiary/aromatic N) is 1. The second kappa shape index (κ2) is 11.3. The number of rotatable bonds is 7. The van der Waals surface area contributed by atoms with E-state index >= 15 is 0 Å². The number of hydrogen-bond donors (Lipinski definition) is 1. The third-order valence-corrected chi connectivity index (χ3v) is 7.35. The van der Waals surface area contributed by atoms with Crippen molar-refractivity contribution in [3.63, 3.8) is 0 Å². The SMILES string of the molecule is CCSc1c(C)cc(Cl)cc1CNC(=O)c1cc(Cl)c(CN2CCCCC2)c(C(F)(F)F)c1. The van der Waals surface area contributed by atoms with Crippen molar-refractivity contribution in [1.82, 2.24) is 10.2 Å². The number of nitrogens with one attached hydrogen (secondary N) is 1. The molecule has 0 spiro atoms. The van der Waals surface area contributed by atoms with Crippen molar-refractivity contribution in [1.29, 1.82) is 0 Å². The second-order valence-corrected chi connectivity index (χ2v) is 10.3. The molecule has 180 valence electrons. The van der Waals surface area contributed by atoms with Crippen molar-refractivity contribution in [2.75, 3.05) is 18.8 Å². The lowest BCUT2D eigenvalue weighted by Crippen LogP contribution is -2.30. The van der Waals surface area contributed by atoms with Gasteiger partial charge in [0.25, 0.3) is 5.91 Å². The van der Waals surface area contributed by atoms with Crippen molar-refractivity contribution >= 4 is 40.9 Å². The lowest BCUT2D eigenvalue weighted by molar-refractivity contribution is -0.138. The lowest BCUT2D eigenvalue weighted by Gasteiger charge is -2.28. The van der Waals surface area contributed by atoms with Crippen molar-refractivity contribution in [2.45, 2.75) is 57.3 Å². The number of thioether (sulfide) groups is 1. The minimum atomic E-state index is -4.61. The van der Waals surface area contributed by atoms with Crippen molar-refractivity contribution in [3.8, 4) is 0 Å². The van der Waals surface area contributed by atoms with Gasteiger partial charge >= 0.3 is 6.18 Å². The van der Waals surface area contributed by atoms with E-state index in [1.54, 1.807) is 17.8 Å². The molecule has 0 atom stereocenters. The van der Waals surface area contributed by atoms with Crippen LogP contribution in [-0.2, 0) is 19.3 Å². The molecule has 1 saturated heterocycles. The quantitative estimate of drug-likeness (QED) is 0.389. The molecular formula is C24H27Cl2F3N2OS. The Morgan fingerprint density at radius 1 is 1.12 bits per heavy atom. The van der Waals surface area contributed by atoms with Gasteiger partial charge in [0.1, 0.15) is 0 Å². The average molecular weight is 519 g/mol. The fraction of sp³-hybridized carbons (Fsp3) is 0.458. The van der Waals surface area contributed by atoms with Crippen LogP contribution in [-0.4, -0.2) is 29.6 Å². The van der Waals surface area contributed by atoms with Gasteiger partial charge in [0.05, 0.1) is 5.56 Å². The van der Waals surface area contributed by atoms with Gasteiger partial charge in [-0.15, -0.1) is 11.8 Å². The monoisotopic (exact) mass is 518 g/mol. The normalized spacial score (nSPS) is 15.0. The summed E-state index contributed by atoms with van der Waals surface area (Å²) in [7, 11) is 0. The molecule has 1 N–H and O–H groups in total. The third kappa shape index (κ3) is 6.81. The number of carbonyl (C=O) groups is 1. The lowest BCUT2D eigenvalue weighted by atomic mass is 10.0. The first-order valence-corrected chi connectivity index (χ1v) is 12.7. The van der Waals surface area contributed by atoms with E-state index in [1.165, 1.54) is 6.07 Å². The van der Waals surface area contributed by atoms with Gasteiger partial charge in [0, 0.05) is 33.6 Å². The Morgan fingerprint density at radius 3 is 2.45 bits per heavy atom. The minimum Gasteiger partial charge on any atom is -0.348 e. The van der Waals surface area contributed by atoms with E-state index in [1.807, 2.05) is 24.8 Å². The number of carbonyl (C=O) groups excluding carboxylic acids is 1. The molecule has 0 saturated carbocycles. The highest BCUT2D eigenvalue weighted by Gasteiger charge is 2.36. The summed E-state index contributed by atoms with van der Waals surface area (Å²) in [6.07, 6.45) is -1.61. The minimum absolute atomic E-state index is 0.0229. The Labute approximate surface area is 207 Å². The number of aryl methyl sites for hydroxylation is 1. The highest BCUT2D eigenvalue weighted by molar-refractivity contribution is 7.99. The van der Waals surface area contributed by atoms with Crippen LogP contribution in [0.25, 0.3) is 0 Å². The van der Waals surface area contributed by atoms with Crippen LogP contribution in [0.15, 0.2) is 29.2 Å². The summed E-state index contributed by atoms with van der Waals surface area (Å²) in [5.41, 5.74) is 0.867. The molecule has 2 aromatic carbocycles. The molecule has 3 nitrogen and oxygen atoms in total. The second-order valence-electron chi connectivity index (χ2n) is 8.15. The van der Waals surface area contributed by atoms with E-state index in [-0.39, 0.29) is 29.2 Å². The molecule has 0 unspecified atom stereocenters. The van der Waals surface area contributed by atoms with Crippen molar-refractivity contribution < 1.29 is 18.0 Å². The number of hydrogen-bond acceptors (Lipinski definition) is 3. The highest BCUT2D eigenvalue weighted by Crippen LogP contribution is 2.37. The summed E-state index contributed by atoms with van der Waals surface area (Å²) in [5.74, 6) is 0.226. The van der Waals surface area contributed by atoms with Gasteiger partial charge in [-0.2, -0.15) is 13.2 Å². The van der Waals surface area contributed by atoms with E-state index in [0.717, 1.165) is 60.2 Å². The predicted molar refractivity (Wildman–Crippen MR) is 129 cm³/mol. The maximum absolute atomic E-state index is 13.9. The van der Waals surface area contributed by atoms with Crippen LogP contribution < -0.4 is 5.32 Å². The summed E-state index contributed by atoms with van der Waals surface area (Å²) in [5, 5.41) is 3.23. The van der Waals surface area contributed by atoms with E-state index in [2.05, 4.69) is 5.32 Å². The van der Waals surface area contributed by atoms with Crippen molar-refractivity contribution in [3.05, 3.63) is 62.1 Å². The molecule has 1 heterocycles. The number of piperidine rings is 1. The smallest absolute Gasteiger partial charge is 0.348 e. The van der Waals surface area contributed by atoms with Crippen LogP contribution >= 0.6 is 35.0 Å². The van der Waals surface area contributed by atoms with Crippen LogP contribution in [0.1, 0.15) is 58.8 Å². The highest BCUT2D eigenvalue weighted by atomic mass is 35.5. The Hall–Kier alpha value is -1.41. The molecule has 1 aliphatic rings. The van der Waals surface area contributed by atoms with Gasteiger partial charge in [0.2, 0.25) is 0 Å². The third-order valence-electron chi connectivity index (χ3n) is 5.64. The van der Waals surface area contributed by atoms with Crippen LogP contribution in [0.3, 0.4) is 0 Å². The van der Waals surface area contributed by atoms with E-state index in [9.17, 15) is 18.0 Å². The summed E-state index contributed by atoms with van der Waals surface area (Å²) < 4.78 is 41.6. The molecule has 1 fully saturated rings. The number of halogens is 5. The molecule has 2 aromatic rings. The van der Waals surface area contributed by atoms with E-state index in [0.29, 0.717) is 5.02 Å². The number of amides is 1. The fourth-order valence-corrected chi connectivity index (χ4v) is 5.55. The first-order valence-electron chi connectivity index (χ1n) is 10.9. The molecule has 0 bridgehead atoms. The van der Waals surface area contributed by atoms with E-state index < -0.39 is 17.6 Å². The number of alkyl halides is 3. The molecule has 1 aliphatic heterocycles. The van der Waals surface area contributed by atoms with Gasteiger partial charge in [-0.1, -0.05) is 36.5 Å². The maximum Gasteiger partial charge on any atom is 0.416 e. The molecule has 33 heavy (non-hydrogen) atoms. The Bertz CT molecular complexity index is 1010. The first kappa shape index (κ1) is 26.2. The van der Waals surface area contributed by atoms with E-state index in [4.69, 9.17) is 23.2 Å². The number of benzene rings is 2. The standard InChI is InChI=1S/C24H27Cl2F3N2OS/c1-3-33-22-15(2)9-18(25)10-17(22)13-30-23(32)16-11-20(24(27,28)29)19(21(26)12-16)14-31-7-5-4-6-8-31/h9-12H,3-8,13-14H2,1-2H3,(H,30,32). The Kier molecular flexibility index (Phi) is 9.01. The van der Waals surface area contributed by atoms with Crippen LogP contribution in [0, 0.1) is 6.92 Å². The summed E-state index contributed by atoms with van der Waals surface area (Å²) >= 11 is 14.1. The van der Waals surface area contributed by atoms with Crippen LogP contribution in [0.5, 0.6) is 0 Å². The molecule has 0 aliphatic carbocycles. The zero-order valence-corrected chi connectivity index (χ0v) is 20.9. The summed E-state index contributed by atoms with van der Waals surface area (Å²) in [4.78, 5) is 15.8.